The summed E-state index contributed by atoms with van der Waals surface area (Å²) in [5.74, 6) is 0.278. The number of nitrogens with one attached hydrogen (secondary N) is 1. The van der Waals surface area contributed by atoms with Gasteiger partial charge in [0.25, 0.3) is 0 Å². The highest BCUT2D eigenvalue weighted by molar-refractivity contribution is 5.82. The molecule has 0 aromatic rings. The Morgan fingerprint density at radius 1 is 1.40 bits per heavy atom. The topological polar surface area (TPSA) is 41.6 Å². The predicted molar refractivity (Wildman–Crippen MR) is 82.7 cm³/mol. The molecular weight excluding hydrogens is 252 g/mol. The van der Waals surface area contributed by atoms with Crippen molar-refractivity contribution in [1.82, 2.24) is 10.2 Å². The minimum Gasteiger partial charge on any atom is -0.468 e. The Bertz CT molecular complexity index is 337. The van der Waals surface area contributed by atoms with Crippen molar-refractivity contribution in [1.29, 1.82) is 0 Å². The van der Waals surface area contributed by atoms with Crippen molar-refractivity contribution in [2.75, 3.05) is 20.7 Å². The van der Waals surface area contributed by atoms with E-state index in [1.165, 1.54) is 7.11 Å². The van der Waals surface area contributed by atoms with Gasteiger partial charge in [-0.05, 0) is 59.9 Å². The summed E-state index contributed by atoms with van der Waals surface area (Å²) in [5.41, 5.74) is -0.489. The summed E-state index contributed by atoms with van der Waals surface area (Å²) >= 11 is 0. The lowest BCUT2D eigenvalue weighted by Crippen LogP contribution is -2.64. The average molecular weight is 284 g/mol. The molecular formula is C16H32N2O2. The minimum absolute atomic E-state index is 0.0762. The first kappa shape index (κ1) is 17.4. The number of nitrogens with zero attached hydrogens (tertiary/aromatic N) is 1. The van der Waals surface area contributed by atoms with E-state index in [9.17, 15) is 4.79 Å². The molecule has 0 radical (unpaired) electrons. The molecule has 0 amide bonds. The molecule has 0 aromatic carbocycles. The molecule has 1 aliphatic rings. The molecule has 0 spiro atoms. The minimum atomic E-state index is -0.565. The number of rotatable bonds is 8. The second kappa shape index (κ2) is 6.44. The van der Waals surface area contributed by atoms with Gasteiger partial charge in [0.1, 0.15) is 5.54 Å². The van der Waals surface area contributed by atoms with E-state index in [0.717, 1.165) is 19.3 Å². The lowest BCUT2D eigenvalue weighted by molar-refractivity contribution is -0.151. The van der Waals surface area contributed by atoms with Crippen molar-refractivity contribution in [3.8, 4) is 0 Å². The molecule has 0 aromatic heterocycles. The zero-order valence-electron chi connectivity index (χ0n) is 14.2. The lowest BCUT2D eigenvalue weighted by Gasteiger charge is -2.43. The van der Waals surface area contributed by atoms with Crippen LogP contribution in [0.15, 0.2) is 0 Å². The third kappa shape index (κ3) is 3.73. The van der Waals surface area contributed by atoms with Gasteiger partial charge < -0.3 is 4.74 Å². The summed E-state index contributed by atoms with van der Waals surface area (Å²) in [5, 5.41) is 3.52. The second-order valence-electron chi connectivity index (χ2n) is 7.06. The Hall–Kier alpha value is -0.610. The smallest absolute Gasteiger partial charge is 0.327 e. The second-order valence-corrected chi connectivity index (χ2v) is 7.06. The maximum Gasteiger partial charge on any atom is 0.327 e. The van der Waals surface area contributed by atoms with Crippen molar-refractivity contribution in [2.24, 2.45) is 5.92 Å². The highest BCUT2D eigenvalue weighted by Crippen LogP contribution is 2.42. The quantitative estimate of drug-likeness (QED) is 0.695. The summed E-state index contributed by atoms with van der Waals surface area (Å²) in [4.78, 5) is 14.8. The summed E-state index contributed by atoms with van der Waals surface area (Å²) in [7, 11) is 3.60. The van der Waals surface area contributed by atoms with Crippen molar-refractivity contribution in [3.05, 3.63) is 0 Å². The number of methoxy groups -OCH3 is 1. The van der Waals surface area contributed by atoms with Gasteiger partial charge >= 0.3 is 5.97 Å². The molecule has 118 valence electrons. The van der Waals surface area contributed by atoms with Gasteiger partial charge in [-0.3, -0.25) is 10.2 Å². The number of likely N-dealkylation sites (N-methyl/N-ethyl adjacent to an activating group) is 1. The molecule has 1 atom stereocenters. The molecule has 0 saturated heterocycles. The van der Waals surface area contributed by atoms with E-state index in [1.807, 2.05) is 0 Å². The van der Waals surface area contributed by atoms with Gasteiger partial charge in [0.15, 0.2) is 0 Å². The van der Waals surface area contributed by atoms with Crippen LogP contribution in [0.5, 0.6) is 0 Å². The Kier molecular flexibility index (Phi) is 5.61. The fraction of sp³-hybridized carbons (Fsp3) is 0.938. The van der Waals surface area contributed by atoms with Crippen molar-refractivity contribution < 1.29 is 9.53 Å². The molecule has 1 rings (SSSR count). The normalized spacial score (nSPS) is 19.2. The van der Waals surface area contributed by atoms with E-state index < -0.39 is 5.54 Å². The summed E-state index contributed by atoms with van der Waals surface area (Å²) in [6.07, 6.45) is 3.26. The highest BCUT2D eigenvalue weighted by Gasteiger charge is 2.53. The molecule has 20 heavy (non-hydrogen) atoms. The summed E-state index contributed by atoms with van der Waals surface area (Å²) in [6.45, 7) is 11.5. The van der Waals surface area contributed by atoms with Gasteiger partial charge in [0.2, 0.25) is 0 Å². The Labute approximate surface area is 124 Å². The zero-order valence-corrected chi connectivity index (χ0v) is 14.2. The Morgan fingerprint density at radius 3 is 2.30 bits per heavy atom. The van der Waals surface area contributed by atoms with E-state index in [0.29, 0.717) is 12.5 Å². The molecule has 1 N–H and O–H groups in total. The number of esters is 1. The van der Waals surface area contributed by atoms with Gasteiger partial charge in [-0.15, -0.1) is 0 Å². The van der Waals surface area contributed by atoms with Crippen LogP contribution >= 0.6 is 0 Å². The predicted octanol–water partition coefficient (Wildman–Crippen LogP) is 2.43. The molecule has 1 saturated carbocycles. The highest BCUT2D eigenvalue weighted by atomic mass is 16.5. The van der Waals surface area contributed by atoms with Crippen LogP contribution in [0.25, 0.3) is 0 Å². The first-order valence-electron chi connectivity index (χ1n) is 7.77. The van der Waals surface area contributed by atoms with Crippen LogP contribution in [-0.4, -0.2) is 48.7 Å². The van der Waals surface area contributed by atoms with Gasteiger partial charge in [-0.2, -0.15) is 0 Å². The fourth-order valence-corrected chi connectivity index (χ4v) is 2.71. The molecule has 1 aliphatic carbocycles. The van der Waals surface area contributed by atoms with Crippen LogP contribution in [0, 0.1) is 5.92 Å². The molecule has 4 heteroatoms. The van der Waals surface area contributed by atoms with Crippen molar-refractivity contribution in [2.45, 2.75) is 71.0 Å². The Balaban J connectivity index is 3.00. The zero-order chi connectivity index (χ0) is 15.6. The summed E-state index contributed by atoms with van der Waals surface area (Å²) < 4.78 is 5.14. The van der Waals surface area contributed by atoms with Crippen LogP contribution in [-0.2, 0) is 9.53 Å². The number of carbonyl (C=O) groups is 1. The third-order valence-corrected chi connectivity index (χ3v) is 4.76. The number of carbonyl (C=O) groups excluding carboxylic acids is 1. The molecule has 0 aliphatic heterocycles. The standard InChI is InChI=1S/C16H32N2O2/c1-8-15(4,5)18(6)11-16(13-9-10-13,14(19)20-7)17-12(2)3/h12-13,17H,8-11H2,1-7H3. The lowest BCUT2D eigenvalue weighted by atomic mass is 9.88. The maximum absolute atomic E-state index is 12.5. The largest absolute Gasteiger partial charge is 0.468 e. The van der Waals surface area contributed by atoms with Gasteiger partial charge in [0.05, 0.1) is 7.11 Å². The van der Waals surface area contributed by atoms with Crippen LogP contribution in [0.4, 0.5) is 0 Å². The van der Waals surface area contributed by atoms with E-state index in [2.05, 4.69) is 51.9 Å². The fourth-order valence-electron chi connectivity index (χ4n) is 2.71. The van der Waals surface area contributed by atoms with Gasteiger partial charge in [0, 0.05) is 18.1 Å². The van der Waals surface area contributed by atoms with Gasteiger partial charge in [-0.25, -0.2) is 4.79 Å². The van der Waals surface area contributed by atoms with Crippen molar-refractivity contribution >= 4 is 5.97 Å². The Morgan fingerprint density at radius 2 is 1.95 bits per heavy atom. The molecule has 1 fully saturated rings. The molecule has 0 heterocycles. The van der Waals surface area contributed by atoms with Crippen LogP contribution in [0.3, 0.4) is 0 Å². The summed E-state index contributed by atoms with van der Waals surface area (Å²) in [6, 6.07) is 0.257. The van der Waals surface area contributed by atoms with E-state index >= 15 is 0 Å². The van der Waals surface area contributed by atoms with Gasteiger partial charge in [-0.1, -0.05) is 6.92 Å². The number of hydrogen-bond donors (Lipinski definition) is 1. The van der Waals surface area contributed by atoms with E-state index in [1.54, 1.807) is 0 Å². The van der Waals surface area contributed by atoms with Crippen LogP contribution in [0.2, 0.25) is 0 Å². The van der Waals surface area contributed by atoms with Crippen LogP contribution < -0.4 is 5.32 Å². The first-order valence-corrected chi connectivity index (χ1v) is 7.77. The van der Waals surface area contributed by atoms with Crippen LogP contribution in [0.1, 0.15) is 53.9 Å². The monoisotopic (exact) mass is 284 g/mol. The molecule has 1 unspecified atom stereocenters. The first-order chi connectivity index (χ1) is 9.19. The molecule has 4 nitrogen and oxygen atoms in total. The van der Waals surface area contributed by atoms with E-state index in [-0.39, 0.29) is 17.6 Å². The van der Waals surface area contributed by atoms with Crippen molar-refractivity contribution in [3.63, 3.8) is 0 Å². The number of ether oxygens (including phenoxy) is 1. The van der Waals surface area contributed by atoms with E-state index in [4.69, 9.17) is 4.74 Å². The third-order valence-electron chi connectivity index (χ3n) is 4.76. The molecule has 0 bridgehead atoms. The number of hydrogen-bond acceptors (Lipinski definition) is 4. The average Bonchev–Trinajstić information content (AvgIpc) is 3.20. The SMILES string of the molecule is CCC(C)(C)N(C)CC(NC(C)C)(C(=O)OC)C1CC1. The maximum atomic E-state index is 12.5.